The number of imidazole rings is 1. The molecule has 0 spiro atoms. The highest BCUT2D eigenvalue weighted by Gasteiger charge is 2.13. The third-order valence-electron chi connectivity index (χ3n) is 3.22. The number of anilines is 1. The molecule has 0 saturated carbocycles. The summed E-state index contributed by atoms with van der Waals surface area (Å²) in [4.78, 5) is 4.68. The number of aromatic nitrogens is 2. The van der Waals surface area contributed by atoms with Crippen molar-refractivity contribution < 1.29 is 0 Å². The van der Waals surface area contributed by atoms with Gasteiger partial charge < -0.3 is 10.3 Å². The molecule has 2 aromatic carbocycles. The van der Waals surface area contributed by atoms with E-state index in [4.69, 9.17) is 17.3 Å². The van der Waals surface area contributed by atoms with Gasteiger partial charge in [-0.05, 0) is 36.4 Å². The molecule has 0 unspecified atom stereocenters. The molecule has 100 valence electrons. The van der Waals surface area contributed by atoms with Gasteiger partial charge in [0.2, 0.25) is 0 Å². The first-order valence-electron chi connectivity index (χ1n) is 6.32. The normalized spacial score (nSPS) is 10.8. The fourth-order valence-corrected chi connectivity index (χ4v) is 2.43. The molecule has 3 aromatic rings. The smallest absolute Gasteiger partial charge is 0.141 e. The predicted molar refractivity (Wildman–Crippen MR) is 84.8 cm³/mol. The van der Waals surface area contributed by atoms with E-state index < -0.39 is 0 Å². The average molecular weight is 284 g/mol. The molecule has 3 rings (SSSR count). The summed E-state index contributed by atoms with van der Waals surface area (Å²) in [5.74, 6) is 0.870. The first-order valence-corrected chi connectivity index (χ1v) is 6.70. The molecule has 0 radical (unpaired) electrons. The Morgan fingerprint density at radius 2 is 1.95 bits per heavy atom. The molecule has 0 aliphatic rings. The minimum absolute atomic E-state index is 0.678. The largest absolute Gasteiger partial charge is 0.397 e. The van der Waals surface area contributed by atoms with Crippen LogP contribution in [0.3, 0.4) is 0 Å². The summed E-state index contributed by atoms with van der Waals surface area (Å²) < 4.78 is 2.10. The van der Waals surface area contributed by atoms with Crippen molar-refractivity contribution in [2.75, 3.05) is 5.73 Å². The first-order chi connectivity index (χ1) is 9.70. The molecular formula is C16H14ClN3. The molecule has 2 N–H and O–H groups in total. The number of fused-ring (bicyclic) bond motifs is 1. The zero-order chi connectivity index (χ0) is 14.1. The van der Waals surface area contributed by atoms with E-state index in [2.05, 4.69) is 16.1 Å². The Labute approximate surface area is 122 Å². The van der Waals surface area contributed by atoms with Gasteiger partial charge in [0.05, 0.1) is 11.2 Å². The SMILES string of the molecule is C=CCn1c(-c2ccc(Cl)cc2)nc2c(N)cccc21. The summed E-state index contributed by atoms with van der Waals surface area (Å²) in [5.41, 5.74) is 9.53. The minimum Gasteiger partial charge on any atom is -0.397 e. The van der Waals surface area contributed by atoms with Gasteiger partial charge >= 0.3 is 0 Å². The summed E-state index contributed by atoms with van der Waals surface area (Å²) >= 11 is 5.94. The number of rotatable bonds is 3. The van der Waals surface area contributed by atoms with Crippen molar-refractivity contribution in [2.45, 2.75) is 6.54 Å². The quantitative estimate of drug-likeness (QED) is 0.580. The predicted octanol–water partition coefficient (Wildman–Crippen LogP) is 4.12. The van der Waals surface area contributed by atoms with Crippen LogP contribution in [-0.4, -0.2) is 9.55 Å². The van der Waals surface area contributed by atoms with E-state index in [1.807, 2.05) is 48.5 Å². The van der Waals surface area contributed by atoms with Crippen molar-refractivity contribution in [3.8, 4) is 11.4 Å². The molecule has 20 heavy (non-hydrogen) atoms. The molecular weight excluding hydrogens is 270 g/mol. The van der Waals surface area contributed by atoms with E-state index in [0.29, 0.717) is 17.3 Å². The van der Waals surface area contributed by atoms with Gasteiger partial charge in [-0.2, -0.15) is 0 Å². The molecule has 0 aliphatic carbocycles. The summed E-state index contributed by atoms with van der Waals surface area (Å²) in [6.45, 7) is 4.49. The monoisotopic (exact) mass is 283 g/mol. The van der Waals surface area contributed by atoms with Gasteiger partial charge in [0.1, 0.15) is 11.3 Å². The number of nitrogen functional groups attached to an aromatic ring is 1. The summed E-state index contributed by atoms with van der Waals surface area (Å²) in [7, 11) is 0. The maximum absolute atomic E-state index is 6.01. The van der Waals surface area contributed by atoms with Crippen LogP contribution in [0.25, 0.3) is 22.4 Å². The number of hydrogen-bond acceptors (Lipinski definition) is 2. The lowest BCUT2D eigenvalue weighted by Gasteiger charge is -2.06. The second-order valence-corrected chi connectivity index (χ2v) is 4.99. The van der Waals surface area contributed by atoms with Crippen LogP contribution in [0, 0.1) is 0 Å². The van der Waals surface area contributed by atoms with Crippen molar-refractivity contribution >= 4 is 28.3 Å². The lowest BCUT2D eigenvalue weighted by Crippen LogP contribution is -1.98. The maximum Gasteiger partial charge on any atom is 0.141 e. The van der Waals surface area contributed by atoms with Crippen molar-refractivity contribution in [1.82, 2.24) is 9.55 Å². The van der Waals surface area contributed by atoms with Crippen molar-refractivity contribution in [1.29, 1.82) is 0 Å². The zero-order valence-electron chi connectivity index (χ0n) is 10.9. The Bertz CT molecular complexity index is 772. The third kappa shape index (κ3) is 2.06. The second kappa shape index (κ2) is 5.02. The van der Waals surface area contributed by atoms with E-state index >= 15 is 0 Å². The fourth-order valence-electron chi connectivity index (χ4n) is 2.30. The number of halogens is 1. The van der Waals surface area contributed by atoms with Crippen molar-refractivity contribution in [2.24, 2.45) is 0 Å². The third-order valence-corrected chi connectivity index (χ3v) is 3.48. The van der Waals surface area contributed by atoms with E-state index in [1.165, 1.54) is 0 Å². The Hall–Kier alpha value is -2.26. The van der Waals surface area contributed by atoms with Gasteiger partial charge in [0.25, 0.3) is 0 Å². The van der Waals surface area contributed by atoms with Gasteiger partial charge in [-0.15, -0.1) is 6.58 Å². The van der Waals surface area contributed by atoms with Crippen LogP contribution in [0.4, 0.5) is 5.69 Å². The molecule has 0 amide bonds. The number of nitrogens with two attached hydrogens (primary N) is 1. The van der Waals surface area contributed by atoms with Crippen LogP contribution >= 0.6 is 11.6 Å². The van der Waals surface area contributed by atoms with Gasteiger partial charge in [0, 0.05) is 17.1 Å². The van der Waals surface area contributed by atoms with Crippen LogP contribution < -0.4 is 5.73 Å². The fraction of sp³-hybridized carbons (Fsp3) is 0.0625. The number of benzene rings is 2. The van der Waals surface area contributed by atoms with E-state index in [0.717, 1.165) is 22.4 Å². The van der Waals surface area contributed by atoms with Gasteiger partial charge in [0.15, 0.2) is 0 Å². The molecule has 0 fully saturated rings. The number of allylic oxidation sites excluding steroid dienone is 1. The molecule has 1 heterocycles. The molecule has 1 aromatic heterocycles. The molecule has 3 nitrogen and oxygen atoms in total. The van der Waals surface area contributed by atoms with Crippen molar-refractivity contribution in [3.05, 3.63) is 60.1 Å². The zero-order valence-corrected chi connectivity index (χ0v) is 11.6. The lowest BCUT2D eigenvalue weighted by molar-refractivity contribution is 0.862. The van der Waals surface area contributed by atoms with E-state index in [9.17, 15) is 0 Å². The van der Waals surface area contributed by atoms with Gasteiger partial charge in [-0.1, -0.05) is 23.7 Å². The van der Waals surface area contributed by atoms with Crippen molar-refractivity contribution in [3.63, 3.8) is 0 Å². The van der Waals surface area contributed by atoms with Gasteiger partial charge in [-0.3, -0.25) is 0 Å². The Kier molecular flexibility index (Phi) is 3.20. The average Bonchev–Trinajstić information content (AvgIpc) is 2.81. The summed E-state index contributed by atoms with van der Waals surface area (Å²) in [6.07, 6.45) is 1.85. The number of nitrogens with zero attached hydrogens (tertiary/aromatic N) is 2. The minimum atomic E-state index is 0.678. The molecule has 4 heteroatoms. The topological polar surface area (TPSA) is 43.8 Å². The molecule has 0 atom stereocenters. The number of para-hydroxylation sites is 1. The van der Waals surface area contributed by atoms with Crippen LogP contribution in [0.2, 0.25) is 5.02 Å². The highest BCUT2D eigenvalue weighted by Crippen LogP contribution is 2.28. The molecule has 0 saturated heterocycles. The highest BCUT2D eigenvalue weighted by atomic mass is 35.5. The van der Waals surface area contributed by atoms with Crippen LogP contribution in [0.1, 0.15) is 0 Å². The molecule has 0 bridgehead atoms. The van der Waals surface area contributed by atoms with Crippen LogP contribution in [0.15, 0.2) is 55.1 Å². The van der Waals surface area contributed by atoms with Gasteiger partial charge in [-0.25, -0.2) is 4.98 Å². The van der Waals surface area contributed by atoms with E-state index in [-0.39, 0.29) is 0 Å². The second-order valence-electron chi connectivity index (χ2n) is 4.56. The summed E-state index contributed by atoms with van der Waals surface area (Å²) in [5, 5.41) is 0.708. The maximum atomic E-state index is 6.01. The Morgan fingerprint density at radius 1 is 1.20 bits per heavy atom. The highest BCUT2D eigenvalue weighted by molar-refractivity contribution is 6.30. The first kappa shape index (κ1) is 12.8. The Morgan fingerprint density at radius 3 is 2.65 bits per heavy atom. The molecule has 0 aliphatic heterocycles. The lowest BCUT2D eigenvalue weighted by atomic mass is 10.2. The van der Waals surface area contributed by atoms with E-state index in [1.54, 1.807) is 0 Å². The van der Waals surface area contributed by atoms with Crippen LogP contribution in [0.5, 0.6) is 0 Å². The number of hydrogen-bond donors (Lipinski definition) is 1. The summed E-state index contributed by atoms with van der Waals surface area (Å²) in [6, 6.07) is 13.4. The standard InChI is InChI=1S/C16H14ClN3/c1-2-10-20-14-5-3-4-13(18)15(14)19-16(20)11-6-8-12(17)9-7-11/h2-9H,1,10,18H2. The van der Waals surface area contributed by atoms with Crippen LogP contribution in [-0.2, 0) is 6.54 Å². The Balaban J connectivity index is 2.28.